The molecule has 0 radical (unpaired) electrons. The molecule has 7 nitrogen and oxygen atoms in total. The smallest absolute Gasteiger partial charge is 0.296 e. The molecular weight excluding hydrogens is 305 g/mol. The molecule has 120 valence electrons. The monoisotopic (exact) mass is 319 g/mol. The van der Waals surface area contributed by atoms with Crippen molar-refractivity contribution in [2.45, 2.75) is 19.7 Å². The fourth-order valence-electron chi connectivity index (χ4n) is 2.28. The molecule has 1 aromatic heterocycles. The summed E-state index contributed by atoms with van der Waals surface area (Å²) in [5.74, 6) is -1.45. The van der Waals surface area contributed by atoms with Crippen LogP contribution >= 0.6 is 0 Å². The highest BCUT2D eigenvalue weighted by molar-refractivity contribution is 5.94. The first-order chi connectivity index (χ1) is 11.1. The molecule has 0 saturated carbocycles. The van der Waals surface area contributed by atoms with Crippen molar-refractivity contribution in [3.05, 3.63) is 57.5 Å². The number of hydrogen-bond acceptors (Lipinski definition) is 5. The summed E-state index contributed by atoms with van der Waals surface area (Å²) in [5.41, 5.74) is -0.323. The Morgan fingerprint density at radius 3 is 2.87 bits per heavy atom. The van der Waals surface area contributed by atoms with E-state index < -0.39 is 17.2 Å². The molecule has 0 bridgehead atoms. The number of aromatic nitrogens is 2. The van der Waals surface area contributed by atoms with Crippen molar-refractivity contribution >= 4 is 5.91 Å². The van der Waals surface area contributed by atoms with Crippen molar-refractivity contribution in [2.75, 3.05) is 6.61 Å². The third-order valence-corrected chi connectivity index (χ3v) is 3.50. The first-order valence-corrected chi connectivity index (χ1v) is 6.99. The topological polar surface area (TPSA) is 93.5 Å². The summed E-state index contributed by atoms with van der Waals surface area (Å²) in [6.07, 6.45) is 0. The van der Waals surface area contributed by atoms with Gasteiger partial charge in [0.15, 0.2) is 5.69 Å². The van der Waals surface area contributed by atoms with E-state index in [1.807, 2.05) is 0 Å². The molecule has 1 aromatic carbocycles. The summed E-state index contributed by atoms with van der Waals surface area (Å²) in [4.78, 5) is 28.2. The van der Waals surface area contributed by atoms with Gasteiger partial charge < -0.3 is 15.2 Å². The third kappa shape index (κ3) is 3.07. The highest BCUT2D eigenvalue weighted by Gasteiger charge is 2.22. The number of ether oxygens (including phenoxy) is 1. The highest BCUT2D eigenvalue weighted by atomic mass is 19.1. The Bertz CT molecular complexity index is 802. The van der Waals surface area contributed by atoms with Crippen LogP contribution < -0.4 is 10.9 Å². The highest BCUT2D eigenvalue weighted by Crippen LogP contribution is 2.13. The van der Waals surface area contributed by atoms with Crippen LogP contribution in [0, 0.1) is 5.82 Å². The Morgan fingerprint density at radius 1 is 1.39 bits per heavy atom. The summed E-state index contributed by atoms with van der Waals surface area (Å²) in [7, 11) is 0. The van der Waals surface area contributed by atoms with Crippen LogP contribution in [-0.2, 0) is 24.4 Å². The molecule has 2 aromatic rings. The number of benzene rings is 1. The summed E-state index contributed by atoms with van der Waals surface area (Å²) in [6.45, 7) is 0.860. The Balaban J connectivity index is 1.80. The van der Waals surface area contributed by atoms with Gasteiger partial charge in [0.25, 0.3) is 11.5 Å². The van der Waals surface area contributed by atoms with Crippen LogP contribution in [0.15, 0.2) is 29.1 Å². The molecule has 0 saturated heterocycles. The van der Waals surface area contributed by atoms with Gasteiger partial charge >= 0.3 is 0 Å². The van der Waals surface area contributed by atoms with Crippen LogP contribution in [0.25, 0.3) is 0 Å². The normalized spacial score (nSPS) is 13.4. The zero-order valence-electron chi connectivity index (χ0n) is 12.1. The number of hydrogen-bond donors (Lipinski definition) is 2. The van der Waals surface area contributed by atoms with Gasteiger partial charge in [0.05, 0.1) is 13.2 Å². The van der Waals surface area contributed by atoms with Crippen molar-refractivity contribution in [2.24, 2.45) is 0 Å². The lowest BCUT2D eigenvalue weighted by Gasteiger charge is -2.18. The summed E-state index contributed by atoms with van der Waals surface area (Å²) in [5, 5.41) is 12.4. The van der Waals surface area contributed by atoms with Gasteiger partial charge in [0, 0.05) is 6.54 Å². The van der Waals surface area contributed by atoms with E-state index in [2.05, 4.69) is 10.3 Å². The number of nitrogens with one attached hydrogen (secondary N) is 1. The maximum Gasteiger partial charge on any atom is 0.296 e. The Morgan fingerprint density at radius 2 is 2.13 bits per heavy atom. The van der Waals surface area contributed by atoms with Crippen LogP contribution in [-0.4, -0.2) is 27.2 Å². The summed E-state index contributed by atoms with van der Waals surface area (Å²) >= 11 is 0. The number of rotatable bonds is 3. The largest absolute Gasteiger partial charge is 0.501 e. The number of carbonyl (C=O) groups is 1. The van der Waals surface area contributed by atoms with Crippen molar-refractivity contribution < 1.29 is 19.0 Å². The standard InChI is InChI=1S/C15H14FN3O4/c16-10-3-1-9(2-4-10)7-17-14(21)12-13(20)15(22)19-5-6-23-8-11(19)18-12/h1-4,20H,5-8H2,(H,17,21). The Kier molecular flexibility index (Phi) is 4.07. The van der Waals surface area contributed by atoms with Crippen LogP contribution in [0.3, 0.4) is 0 Å². The van der Waals surface area contributed by atoms with Crippen molar-refractivity contribution in [3.8, 4) is 5.75 Å². The van der Waals surface area contributed by atoms with E-state index in [9.17, 15) is 19.1 Å². The predicted molar refractivity (Wildman–Crippen MR) is 77.4 cm³/mol. The lowest BCUT2D eigenvalue weighted by molar-refractivity contribution is 0.0764. The molecule has 0 unspecified atom stereocenters. The van der Waals surface area contributed by atoms with E-state index in [-0.39, 0.29) is 31.2 Å². The molecule has 1 aliphatic rings. The maximum absolute atomic E-state index is 12.8. The van der Waals surface area contributed by atoms with Crippen LogP contribution in [0.4, 0.5) is 4.39 Å². The minimum Gasteiger partial charge on any atom is -0.501 e. The van der Waals surface area contributed by atoms with E-state index in [0.29, 0.717) is 18.0 Å². The van der Waals surface area contributed by atoms with Crippen LogP contribution in [0.5, 0.6) is 5.75 Å². The molecule has 2 N–H and O–H groups in total. The summed E-state index contributed by atoms with van der Waals surface area (Å²) < 4.78 is 19.3. The molecule has 0 spiro atoms. The average Bonchev–Trinajstić information content (AvgIpc) is 2.57. The van der Waals surface area contributed by atoms with E-state index in [4.69, 9.17) is 4.74 Å². The summed E-state index contributed by atoms with van der Waals surface area (Å²) in [6, 6.07) is 5.61. The molecule has 23 heavy (non-hydrogen) atoms. The maximum atomic E-state index is 12.8. The molecule has 2 heterocycles. The fourth-order valence-corrected chi connectivity index (χ4v) is 2.28. The van der Waals surface area contributed by atoms with Gasteiger partial charge in [0.1, 0.15) is 18.2 Å². The van der Waals surface area contributed by atoms with Gasteiger partial charge in [-0.2, -0.15) is 0 Å². The van der Waals surface area contributed by atoms with Gasteiger partial charge in [-0.25, -0.2) is 9.37 Å². The molecule has 0 atom stereocenters. The van der Waals surface area contributed by atoms with E-state index in [1.165, 1.54) is 28.8 Å². The molecule has 1 aliphatic heterocycles. The number of nitrogens with zero attached hydrogens (tertiary/aromatic N) is 2. The number of carbonyl (C=O) groups excluding carboxylic acids is 1. The number of halogens is 1. The average molecular weight is 319 g/mol. The minimum absolute atomic E-state index is 0.105. The number of fused-ring (bicyclic) bond motifs is 1. The van der Waals surface area contributed by atoms with Gasteiger partial charge in [0.2, 0.25) is 5.75 Å². The second kappa shape index (κ2) is 6.17. The zero-order valence-corrected chi connectivity index (χ0v) is 12.1. The van der Waals surface area contributed by atoms with Gasteiger partial charge in [-0.1, -0.05) is 12.1 Å². The quantitative estimate of drug-likeness (QED) is 0.862. The van der Waals surface area contributed by atoms with Crippen LogP contribution in [0.2, 0.25) is 0 Å². The lowest BCUT2D eigenvalue weighted by Crippen LogP contribution is -2.34. The molecule has 1 amide bonds. The van der Waals surface area contributed by atoms with Gasteiger partial charge in [-0.05, 0) is 17.7 Å². The second-order valence-electron chi connectivity index (χ2n) is 5.04. The Hall–Kier alpha value is -2.74. The molecule has 0 fully saturated rings. The first kappa shape index (κ1) is 15.2. The van der Waals surface area contributed by atoms with Crippen LogP contribution in [0.1, 0.15) is 21.9 Å². The van der Waals surface area contributed by atoms with Crippen molar-refractivity contribution in [1.29, 1.82) is 0 Å². The fraction of sp³-hybridized carbons (Fsp3) is 0.267. The minimum atomic E-state index is -0.688. The lowest BCUT2D eigenvalue weighted by atomic mass is 10.2. The Labute approximate surface area is 130 Å². The van der Waals surface area contributed by atoms with Crippen molar-refractivity contribution in [3.63, 3.8) is 0 Å². The van der Waals surface area contributed by atoms with Gasteiger partial charge in [-0.3, -0.25) is 14.2 Å². The third-order valence-electron chi connectivity index (χ3n) is 3.50. The number of aromatic hydroxyl groups is 1. The van der Waals surface area contributed by atoms with Gasteiger partial charge in [-0.15, -0.1) is 0 Å². The predicted octanol–water partition coefficient (Wildman–Crippen LogP) is 0.548. The van der Waals surface area contributed by atoms with Crippen molar-refractivity contribution in [1.82, 2.24) is 14.9 Å². The molecule has 0 aliphatic carbocycles. The van der Waals surface area contributed by atoms with E-state index in [1.54, 1.807) is 0 Å². The number of amides is 1. The van der Waals surface area contributed by atoms with E-state index in [0.717, 1.165) is 0 Å². The first-order valence-electron chi connectivity index (χ1n) is 6.99. The van der Waals surface area contributed by atoms with E-state index >= 15 is 0 Å². The second-order valence-corrected chi connectivity index (χ2v) is 5.04. The SMILES string of the molecule is O=C(NCc1ccc(F)cc1)c1nc2n(c(=O)c1O)CCOC2. The molecule has 3 rings (SSSR count). The molecular formula is C15H14FN3O4. The zero-order chi connectivity index (χ0) is 16.4. The molecule has 8 heteroatoms.